The summed E-state index contributed by atoms with van der Waals surface area (Å²) in [6.07, 6.45) is 1.57. The van der Waals surface area contributed by atoms with Crippen LogP contribution in [-0.2, 0) is 0 Å². The van der Waals surface area contributed by atoms with Crippen LogP contribution >= 0.6 is 0 Å². The topological polar surface area (TPSA) is 52.1 Å². The average Bonchev–Trinajstić information content (AvgIpc) is 3.00. The second-order valence-corrected chi connectivity index (χ2v) is 5.88. The number of para-hydroxylation sites is 1. The van der Waals surface area contributed by atoms with Gasteiger partial charge < -0.3 is 10.0 Å². The van der Waals surface area contributed by atoms with Crippen molar-refractivity contribution in [3.63, 3.8) is 0 Å². The molecule has 4 nitrogen and oxygen atoms in total. The molecule has 4 heteroatoms. The zero-order chi connectivity index (χ0) is 14.9. The van der Waals surface area contributed by atoms with Gasteiger partial charge in [-0.3, -0.25) is 5.10 Å². The van der Waals surface area contributed by atoms with Crippen molar-refractivity contribution in [1.82, 2.24) is 10.2 Å². The van der Waals surface area contributed by atoms with Crippen LogP contribution < -0.4 is 4.90 Å². The molecule has 2 heterocycles. The molecule has 0 amide bonds. The number of nitrogens with zero attached hydrogens (tertiary/aromatic N) is 2. The molecular formula is C18H19N3O. The zero-order valence-electron chi connectivity index (χ0n) is 12.4. The number of hydrogen-bond donors (Lipinski definition) is 2. The summed E-state index contributed by atoms with van der Waals surface area (Å²) < 4.78 is 0. The number of nitrogens with one attached hydrogen (secondary N) is 1. The van der Waals surface area contributed by atoms with E-state index in [9.17, 15) is 5.11 Å². The van der Waals surface area contributed by atoms with Gasteiger partial charge in [0, 0.05) is 29.7 Å². The van der Waals surface area contributed by atoms with Gasteiger partial charge in [-0.15, -0.1) is 0 Å². The van der Waals surface area contributed by atoms with Gasteiger partial charge in [0.2, 0.25) is 0 Å². The van der Waals surface area contributed by atoms with Crippen LogP contribution in [-0.4, -0.2) is 34.5 Å². The number of aromatic nitrogens is 2. The Hall–Kier alpha value is -2.33. The van der Waals surface area contributed by atoms with E-state index in [1.807, 2.05) is 18.2 Å². The summed E-state index contributed by atoms with van der Waals surface area (Å²) >= 11 is 0. The maximum atomic E-state index is 9.61. The number of aliphatic hydroxyl groups is 1. The molecule has 1 fully saturated rings. The minimum Gasteiger partial charge on any atom is -0.393 e. The predicted molar refractivity (Wildman–Crippen MR) is 89.0 cm³/mol. The van der Waals surface area contributed by atoms with Crippen molar-refractivity contribution in [2.45, 2.75) is 18.9 Å². The highest BCUT2D eigenvalue weighted by atomic mass is 16.3. The lowest BCUT2D eigenvalue weighted by atomic mass is 10.0. The van der Waals surface area contributed by atoms with Crippen LogP contribution in [0.25, 0.3) is 22.2 Å². The van der Waals surface area contributed by atoms with E-state index in [1.54, 1.807) is 0 Å². The van der Waals surface area contributed by atoms with Crippen molar-refractivity contribution >= 4 is 16.6 Å². The van der Waals surface area contributed by atoms with E-state index in [0.717, 1.165) is 48.1 Å². The fourth-order valence-corrected chi connectivity index (χ4v) is 3.14. The first-order valence-corrected chi connectivity index (χ1v) is 7.78. The van der Waals surface area contributed by atoms with E-state index < -0.39 is 0 Å². The third-order valence-electron chi connectivity index (χ3n) is 4.44. The molecule has 2 N–H and O–H groups in total. The zero-order valence-corrected chi connectivity index (χ0v) is 12.4. The smallest absolute Gasteiger partial charge is 0.0999 e. The Bertz CT molecular complexity index is 770. The molecule has 1 aliphatic rings. The molecule has 0 radical (unpaired) electrons. The summed E-state index contributed by atoms with van der Waals surface area (Å²) in [7, 11) is 0. The van der Waals surface area contributed by atoms with Crippen molar-refractivity contribution in [3.05, 3.63) is 48.5 Å². The van der Waals surface area contributed by atoms with Crippen LogP contribution in [0.4, 0.5) is 5.69 Å². The van der Waals surface area contributed by atoms with Gasteiger partial charge in [-0.2, -0.15) is 5.10 Å². The van der Waals surface area contributed by atoms with E-state index in [-0.39, 0.29) is 6.10 Å². The van der Waals surface area contributed by atoms with E-state index in [0.29, 0.717) is 0 Å². The summed E-state index contributed by atoms with van der Waals surface area (Å²) in [5.41, 5.74) is 4.40. The first kappa shape index (κ1) is 13.3. The normalized spacial score (nSPS) is 16.3. The number of hydrogen-bond acceptors (Lipinski definition) is 3. The predicted octanol–water partition coefficient (Wildman–Crippen LogP) is 3.19. The van der Waals surface area contributed by atoms with Gasteiger partial charge in [0.25, 0.3) is 0 Å². The molecule has 1 aromatic heterocycles. The number of piperidine rings is 1. The average molecular weight is 293 g/mol. The molecule has 1 aliphatic heterocycles. The fourth-order valence-electron chi connectivity index (χ4n) is 3.14. The lowest BCUT2D eigenvalue weighted by molar-refractivity contribution is 0.145. The van der Waals surface area contributed by atoms with Crippen molar-refractivity contribution in [3.8, 4) is 11.3 Å². The monoisotopic (exact) mass is 293 g/mol. The number of H-pyrrole nitrogens is 1. The Morgan fingerprint density at radius 3 is 2.50 bits per heavy atom. The van der Waals surface area contributed by atoms with Gasteiger partial charge in [-0.05, 0) is 31.0 Å². The highest BCUT2D eigenvalue weighted by Gasteiger charge is 2.17. The molecule has 0 spiro atoms. The summed E-state index contributed by atoms with van der Waals surface area (Å²) in [6, 6.07) is 16.7. The number of anilines is 1. The van der Waals surface area contributed by atoms with E-state index in [4.69, 9.17) is 0 Å². The van der Waals surface area contributed by atoms with Crippen molar-refractivity contribution in [2.24, 2.45) is 0 Å². The van der Waals surface area contributed by atoms with Crippen molar-refractivity contribution < 1.29 is 5.11 Å². The number of fused-ring (bicyclic) bond motifs is 1. The SMILES string of the molecule is OC1CCN(c2ccc(-c3n[nH]c4ccccc34)cc2)CC1. The van der Waals surface area contributed by atoms with Gasteiger partial charge in [-0.25, -0.2) is 0 Å². The quantitative estimate of drug-likeness (QED) is 0.763. The molecule has 0 aliphatic carbocycles. The fraction of sp³-hybridized carbons (Fsp3) is 0.278. The van der Waals surface area contributed by atoms with E-state index >= 15 is 0 Å². The summed E-state index contributed by atoms with van der Waals surface area (Å²) in [6.45, 7) is 1.84. The van der Waals surface area contributed by atoms with Crippen LogP contribution in [0.5, 0.6) is 0 Å². The van der Waals surface area contributed by atoms with E-state index in [1.165, 1.54) is 5.69 Å². The Balaban J connectivity index is 1.62. The molecule has 22 heavy (non-hydrogen) atoms. The van der Waals surface area contributed by atoms with Gasteiger partial charge >= 0.3 is 0 Å². The second kappa shape index (κ2) is 5.46. The number of aliphatic hydroxyl groups excluding tert-OH is 1. The second-order valence-electron chi connectivity index (χ2n) is 5.88. The molecule has 4 rings (SSSR count). The van der Waals surface area contributed by atoms with Gasteiger partial charge in [0.05, 0.1) is 17.3 Å². The first-order chi connectivity index (χ1) is 10.8. The van der Waals surface area contributed by atoms with Crippen LogP contribution in [0, 0.1) is 0 Å². The highest BCUT2D eigenvalue weighted by molar-refractivity contribution is 5.92. The number of rotatable bonds is 2. The third kappa shape index (κ3) is 2.35. The molecule has 0 saturated carbocycles. The maximum absolute atomic E-state index is 9.61. The molecule has 112 valence electrons. The Labute approximate surface area is 129 Å². The Morgan fingerprint density at radius 1 is 1.00 bits per heavy atom. The standard InChI is InChI=1S/C18H19N3O/c22-15-9-11-21(12-10-15)14-7-5-13(6-8-14)18-16-3-1-2-4-17(16)19-20-18/h1-8,15,22H,9-12H2,(H,19,20). The third-order valence-corrected chi connectivity index (χ3v) is 4.44. The summed E-state index contributed by atoms with van der Waals surface area (Å²) in [5, 5.41) is 18.3. The van der Waals surface area contributed by atoms with Crippen LogP contribution in [0.3, 0.4) is 0 Å². The largest absolute Gasteiger partial charge is 0.393 e. The minimum absolute atomic E-state index is 0.133. The lowest BCUT2D eigenvalue weighted by Crippen LogP contribution is -2.35. The lowest BCUT2D eigenvalue weighted by Gasteiger charge is -2.31. The molecule has 0 bridgehead atoms. The van der Waals surface area contributed by atoms with Crippen LogP contribution in [0.2, 0.25) is 0 Å². The maximum Gasteiger partial charge on any atom is 0.0999 e. The van der Waals surface area contributed by atoms with Gasteiger partial charge in [0.1, 0.15) is 0 Å². The van der Waals surface area contributed by atoms with Crippen molar-refractivity contribution in [2.75, 3.05) is 18.0 Å². The van der Waals surface area contributed by atoms with Gasteiger partial charge in [0.15, 0.2) is 0 Å². The molecule has 2 aromatic carbocycles. The molecular weight excluding hydrogens is 274 g/mol. The number of benzene rings is 2. The van der Waals surface area contributed by atoms with Gasteiger partial charge in [-0.1, -0.05) is 30.3 Å². The first-order valence-electron chi connectivity index (χ1n) is 7.78. The van der Waals surface area contributed by atoms with Crippen LogP contribution in [0.15, 0.2) is 48.5 Å². The molecule has 1 saturated heterocycles. The number of aromatic amines is 1. The van der Waals surface area contributed by atoms with Crippen molar-refractivity contribution in [1.29, 1.82) is 0 Å². The minimum atomic E-state index is -0.133. The van der Waals surface area contributed by atoms with E-state index in [2.05, 4.69) is 45.4 Å². The highest BCUT2D eigenvalue weighted by Crippen LogP contribution is 2.28. The molecule has 0 unspecified atom stereocenters. The Kier molecular flexibility index (Phi) is 3.31. The summed E-state index contributed by atoms with van der Waals surface area (Å²) in [5.74, 6) is 0. The summed E-state index contributed by atoms with van der Waals surface area (Å²) in [4.78, 5) is 2.33. The Morgan fingerprint density at radius 2 is 1.73 bits per heavy atom. The molecule has 0 atom stereocenters. The molecule has 3 aromatic rings. The van der Waals surface area contributed by atoms with Crippen LogP contribution in [0.1, 0.15) is 12.8 Å².